The second-order valence-electron chi connectivity index (χ2n) is 4.30. The van der Waals surface area contributed by atoms with Crippen molar-refractivity contribution in [2.24, 2.45) is 5.11 Å². The molecule has 9 nitrogen and oxygen atoms in total. The van der Waals surface area contributed by atoms with Gasteiger partial charge in [0.05, 0.1) is 18.8 Å². The van der Waals surface area contributed by atoms with E-state index < -0.39 is 29.6 Å². The Kier molecular flexibility index (Phi) is 3.70. The number of aliphatic hydroxyl groups is 1. The highest BCUT2D eigenvalue weighted by Gasteiger charge is 2.35. The van der Waals surface area contributed by atoms with Gasteiger partial charge in [-0.3, -0.25) is 14.3 Å². The molecule has 0 aromatic carbocycles. The molecule has 9 heteroatoms. The third kappa shape index (κ3) is 2.53. The molecule has 0 bridgehead atoms. The fraction of sp³-hybridized carbons (Fsp3) is 0.600. The number of ether oxygens (including phenoxy) is 1. The lowest BCUT2D eigenvalue weighted by molar-refractivity contribution is -0.0271. The van der Waals surface area contributed by atoms with Crippen molar-refractivity contribution in [1.82, 2.24) is 9.55 Å². The summed E-state index contributed by atoms with van der Waals surface area (Å²) in [5, 5.41) is 12.7. The summed E-state index contributed by atoms with van der Waals surface area (Å²) in [6.07, 6.45) is 0.329. The number of aryl methyl sites for hydroxylation is 1. The minimum Gasteiger partial charge on any atom is -0.394 e. The third-order valence-corrected chi connectivity index (χ3v) is 3.04. The Hall–Kier alpha value is -2.09. The van der Waals surface area contributed by atoms with E-state index in [1.165, 1.54) is 10.8 Å². The van der Waals surface area contributed by atoms with E-state index in [1.54, 1.807) is 6.92 Å². The van der Waals surface area contributed by atoms with Crippen molar-refractivity contribution in [3.05, 3.63) is 43.0 Å². The fourth-order valence-electron chi connectivity index (χ4n) is 2.04. The molecule has 2 N–H and O–H groups in total. The topological polar surface area (TPSA) is 133 Å². The van der Waals surface area contributed by atoms with Crippen LogP contribution in [-0.2, 0) is 4.74 Å². The highest BCUT2D eigenvalue weighted by Crippen LogP contribution is 2.29. The average Bonchev–Trinajstić information content (AvgIpc) is 2.77. The van der Waals surface area contributed by atoms with Crippen LogP contribution in [0.5, 0.6) is 0 Å². The van der Waals surface area contributed by atoms with Crippen LogP contribution in [0.25, 0.3) is 10.4 Å². The molecule has 1 aliphatic heterocycles. The van der Waals surface area contributed by atoms with Gasteiger partial charge in [0, 0.05) is 23.1 Å². The zero-order chi connectivity index (χ0) is 14.0. The number of hydrogen-bond donors (Lipinski definition) is 2. The van der Waals surface area contributed by atoms with Crippen LogP contribution in [0.4, 0.5) is 0 Å². The number of nitrogens with zero attached hydrogens (tertiary/aromatic N) is 4. The molecule has 1 saturated heterocycles. The van der Waals surface area contributed by atoms with Crippen LogP contribution >= 0.6 is 0 Å². The van der Waals surface area contributed by atoms with E-state index in [4.69, 9.17) is 15.4 Å². The van der Waals surface area contributed by atoms with Crippen molar-refractivity contribution >= 4 is 0 Å². The van der Waals surface area contributed by atoms with Gasteiger partial charge in [0.25, 0.3) is 5.56 Å². The van der Waals surface area contributed by atoms with E-state index in [0.717, 1.165) is 0 Å². The summed E-state index contributed by atoms with van der Waals surface area (Å²) >= 11 is 0. The zero-order valence-corrected chi connectivity index (χ0v) is 10.2. The molecular formula is C10H13N5O4. The quantitative estimate of drug-likeness (QED) is 0.445. The second-order valence-corrected chi connectivity index (χ2v) is 4.30. The van der Waals surface area contributed by atoms with Crippen molar-refractivity contribution in [2.45, 2.75) is 31.7 Å². The lowest BCUT2D eigenvalue weighted by atomic mass is 10.1. The van der Waals surface area contributed by atoms with Crippen LogP contribution in [0.15, 0.2) is 20.9 Å². The van der Waals surface area contributed by atoms with E-state index in [9.17, 15) is 9.59 Å². The minimum atomic E-state index is -0.671. The third-order valence-electron chi connectivity index (χ3n) is 3.04. The molecule has 1 aromatic heterocycles. The molecule has 102 valence electrons. The van der Waals surface area contributed by atoms with Crippen molar-refractivity contribution in [2.75, 3.05) is 6.61 Å². The first-order chi connectivity index (χ1) is 9.06. The van der Waals surface area contributed by atoms with E-state index in [1.807, 2.05) is 0 Å². The first-order valence-corrected chi connectivity index (χ1v) is 5.69. The summed E-state index contributed by atoms with van der Waals surface area (Å²) in [7, 11) is 0. The van der Waals surface area contributed by atoms with Crippen molar-refractivity contribution in [1.29, 1.82) is 0 Å². The zero-order valence-electron chi connectivity index (χ0n) is 10.2. The van der Waals surface area contributed by atoms with E-state index in [-0.39, 0.29) is 13.0 Å². The number of H-pyrrole nitrogens is 1. The van der Waals surface area contributed by atoms with E-state index >= 15 is 0 Å². The maximum absolute atomic E-state index is 11.7. The fourth-order valence-corrected chi connectivity index (χ4v) is 2.04. The summed E-state index contributed by atoms with van der Waals surface area (Å²) in [5.41, 5.74) is 7.76. The van der Waals surface area contributed by atoms with Crippen LogP contribution in [0.2, 0.25) is 0 Å². The summed E-state index contributed by atoms with van der Waals surface area (Å²) in [5.74, 6) is 0. The second kappa shape index (κ2) is 5.27. The Bertz CT molecular complexity index is 630. The number of hydrogen-bond acceptors (Lipinski definition) is 5. The lowest BCUT2D eigenvalue weighted by Crippen LogP contribution is -2.33. The Morgan fingerprint density at radius 1 is 1.68 bits per heavy atom. The lowest BCUT2D eigenvalue weighted by Gasteiger charge is -2.14. The molecule has 0 radical (unpaired) electrons. The van der Waals surface area contributed by atoms with Gasteiger partial charge in [-0.25, -0.2) is 4.79 Å². The van der Waals surface area contributed by atoms with E-state index in [0.29, 0.717) is 5.56 Å². The Labute approximate surface area is 107 Å². The van der Waals surface area contributed by atoms with Gasteiger partial charge >= 0.3 is 5.69 Å². The van der Waals surface area contributed by atoms with Gasteiger partial charge < -0.3 is 9.84 Å². The van der Waals surface area contributed by atoms with Gasteiger partial charge in [-0.15, -0.1) is 0 Å². The van der Waals surface area contributed by atoms with Crippen LogP contribution in [-0.4, -0.2) is 33.4 Å². The molecule has 3 atom stereocenters. The van der Waals surface area contributed by atoms with Gasteiger partial charge in [0.2, 0.25) is 0 Å². The predicted octanol–water partition coefficient (Wildman–Crippen LogP) is -0.196. The molecular weight excluding hydrogens is 254 g/mol. The SMILES string of the molecule is Cc1cn([C@@H]2CC(N=[N+]=[N-])[C@H](CO)O2)c(=O)[nH]c1=O. The first kappa shape index (κ1) is 13.3. The van der Waals surface area contributed by atoms with Crippen LogP contribution in [0.3, 0.4) is 0 Å². The number of nitrogens with one attached hydrogen (secondary N) is 1. The first-order valence-electron chi connectivity index (χ1n) is 5.69. The van der Waals surface area contributed by atoms with Gasteiger partial charge in [0.15, 0.2) is 0 Å². The Morgan fingerprint density at radius 3 is 3.05 bits per heavy atom. The maximum atomic E-state index is 11.7. The summed E-state index contributed by atoms with van der Waals surface area (Å²) in [4.78, 5) is 27.8. The molecule has 1 unspecified atom stereocenters. The van der Waals surface area contributed by atoms with Crippen LogP contribution < -0.4 is 11.2 Å². The smallest absolute Gasteiger partial charge is 0.330 e. The Balaban J connectivity index is 2.34. The summed E-state index contributed by atoms with van der Waals surface area (Å²) in [6, 6.07) is -0.542. The van der Waals surface area contributed by atoms with Crippen LogP contribution in [0.1, 0.15) is 18.2 Å². The monoisotopic (exact) mass is 267 g/mol. The number of aliphatic hydroxyl groups excluding tert-OH is 1. The predicted molar refractivity (Wildman–Crippen MR) is 64.6 cm³/mol. The molecule has 1 fully saturated rings. The maximum Gasteiger partial charge on any atom is 0.330 e. The molecule has 1 aliphatic rings. The summed E-state index contributed by atoms with van der Waals surface area (Å²) in [6.45, 7) is 1.26. The van der Waals surface area contributed by atoms with E-state index in [2.05, 4.69) is 15.0 Å². The minimum absolute atomic E-state index is 0.265. The molecule has 1 aromatic rings. The van der Waals surface area contributed by atoms with Gasteiger partial charge in [-0.2, -0.15) is 0 Å². The molecule has 0 saturated carbocycles. The largest absolute Gasteiger partial charge is 0.394 e. The summed E-state index contributed by atoms with van der Waals surface area (Å²) < 4.78 is 6.69. The number of aromatic nitrogens is 2. The van der Waals surface area contributed by atoms with Crippen LogP contribution in [0, 0.1) is 6.92 Å². The highest BCUT2D eigenvalue weighted by molar-refractivity contribution is 5.02. The molecule has 2 rings (SSSR count). The van der Waals surface area contributed by atoms with Gasteiger partial charge in [-0.1, -0.05) is 5.11 Å². The highest BCUT2D eigenvalue weighted by atomic mass is 16.5. The Morgan fingerprint density at radius 2 is 2.42 bits per heavy atom. The number of azide groups is 1. The normalized spacial score (nSPS) is 26.1. The average molecular weight is 267 g/mol. The van der Waals surface area contributed by atoms with Gasteiger partial charge in [-0.05, 0) is 12.5 Å². The van der Waals surface area contributed by atoms with Crippen molar-refractivity contribution in [3.8, 4) is 0 Å². The van der Waals surface area contributed by atoms with Crippen molar-refractivity contribution in [3.63, 3.8) is 0 Å². The molecule has 0 spiro atoms. The molecule has 2 heterocycles. The standard InChI is InChI=1S/C10H13N5O4/c1-5-3-15(10(18)12-9(5)17)8-2-6(13-14-11)7(4-16)19-8/h3,6-8,16H,2,4H2,1H3,(H,12,17,18)/t6?,7-,8-/m0/s1. The van der Waals surface area contributed by atoms with Crippen molar-refractivity contribution < 1.29 is 9.84 Å². The molecule has 0 amide bonds. The van der Waals surface area contributed by atoms with Gasteiger partial charge in [0.1, 0.15) is 6.23 Å². The number of aromatic amines is 1. The molecule has 0 aliphatic carbocycles. The number of rotatable bonds is 3. The molecule has 19 heavy (non-hydrogen) atoms.